The van der Waals surface area contributed by atoms with Crippen molar-refractivity contribution in [3.8, 4) is 11.5 Å². The van der Waals surface area contributed by atoms with Crippen molar-refractivity contribution >= 4 is 27.6 Å². The molecule has 9 heteroatoms. The average Bonchev–Trinajstić information content (AvgIpc) is 2.65. The molecule has 2 aromatic rings. The van der Waals surface area contributed by atoms with Crippen molar-refractivity contribution in [2.45, 2.75) is 9.92 Å². The lowest BCUT2D eigenvalue weighted by atomic mass is 10.1. The molecule has 0 unspecified atom stereocenters. The zero-order valence-corrected chi connectivity index (χ0v) is 16.6. The number of benzene rings is 1. The van der Waals surface area contributed by atoms with E-state index in [4.69, 9.17) is 9.47 Å². The third-order valence-electron chi connectivity index (χ3n) is 3.55. The number of ether oxygens (including phenoxy) is 2. The van der Waals surface area contributed by atoms with Gasteiger partial charge in [-0.1, -0.05) is 11.8 Å². The number of carbonyl (C=O) groups is 1. The Labute approximate surface area is 157 Å². The molecule has 2 rings (SSSR count). The van der Waals surface area contributed by atoms with Gasteiger partial charge in [0, 0.05) is 26.4 Å². The predicted octanol–water partition coefficient (Wildman–Crippen LogP) is 2.32. The van der Waals surface area contributed by atoms with E-state index in [0.717, 1.165) is 4.31 Å². The Hall–Kier alpha value is -2.10. The van der Waals surface area contributed by atoms with Crippen LogP contribution in [0.5, 0.6) is 11.5 Å². The van der Waals surface area contributed by atoms with Crippen molar-refractivity contribution < 1.29 is 22.7 Å². The van der Waals surface area contributed by atoms with E-state index in [9.17, 15) is 13.2 Å². The molecule has 7 nitrogen and oxygen atoms in total. The van der Waals surface area contributed by atoms with E-state index in [1.807, 2.05) is 0 Å². The highest BCUT2D eigenvalue weighted by Gasteiger charge is 2.18. The van der Waals surface area contributed by atoms with Crippen LogP contribution in [-0.2, 0) is 10.0 Å². The van der Waals surface area contributed by atoms with Gasteiger partial charge in [0.25, 0.3) is 0 Å². The fourth-order valence-corrected chi connectivity index (χ4v) is 3.64. The molecule has 0 atom stereocenters. The lowest BCUT2D eigenvalue weighted by molar-refractivity contribution is 0.101. The number of nitrogens with zero attached hydrogens (tertiary/aromatic N) is 2. The van der Waals surface area contributed by atoms with Gasteiger partial charge >= 0.3 is 0 Å². The highest BCUT2D eigenvalue weighted by Crippen LogP contribution is 2.27. The van der Waals surface area contributed by atoms with Crippen LogP contribution in [0.3, 0.4) is 0 Å². The first-order valence-corrected chi connectivity index (χ1v) is 9.98. The van der Waals surface area contributed by atoms with Gasteiger partial charge in [-0.3, -0.25) is 4.79 Å². The second kappa shape index (κ2) is 8.52. The van der Waals surface area contributed by atoms with Gasteiger partial charge in [0.05, 0.1) is 30.6 Å². The fraction of sp³-hybridized carbons (Fsp3) is 0.294. The Morgan fingerprint density at radius 1 is 1.15 bits per heavy atom. The molecule has 140 valence electrons. The molecule has 0 saturated carbocycles. The summed E-state index contributed by atoms with van der Waals surface area (Å²) in [6.07, 6.45) is 1.29. The lowest BCUT2D eigenvalue weighted by Gasteiger charge is -2.11. The van der Waals surface area contributed by atoms with Crippen molar-refractivity contribution in [3.05, 3.63) is 42.1 Å². The van der Waals surface area contributed by atoms with Gasteiger partial charge in [-0.15, -0.1) is 0 Å². The molecule has 0 saturated heterocycles. The largest absolute Gasteiger partial charge is 0.497 e. The molecule has 0 fully saturated rings. The minimum Gasteiger partial charge on any atom is -0.497 e. The fourth-order valence-electron chi connectivity index (χ4n) is 2.06. The smallest absolute Gasteiger partial charge is 0.244 e. The van der Waals surface area contributed by atoms with Gasteiger partial charge in [0.2, 0.25) is 10.0 Å². The zero-order valence-electron chi connectivity index (χ0n) is 14.9. The molecular weight excluding hydrogens is 376 g/mol. The summed E-state index contributed by atoms with van der Waals surface area (Å²) in [7, 11) is 2.43. The van der Waals surface area contributed by atoms with Crippen LogP contribution in [0, 0.1) is 0 Å². The van der Waals surface area contributed by atoms with Gasteiger partial charge < -0.3 is 9.47 Å². The van der Waals surface area contributed by atoms with Crippen LogP contribution < -0.4 is 9.47 Å². The number of methoxy groups -OCH3 is 2. The van der Waals surface area contributed by atoms with Gasteiger partial charge in [0.15, 0.2) is 5.78 Å². The van der Waals surface area contributed by atoms with E-state index in [0.29, 0.717) is 22.1 Å². The first-order chi connectivity index (χ1) is 12.3. The summed E-state index contributed by atoms with van der Waals surface area (Å²) in [4.78, 5) is 16.7. The van der Waals surface area contributed by atoms with Crippen LogP contribution in [0.25, 0.3) is 0 Å². The zero-order chi connectivity index (χ0) is 19.3. The number of Topliss-reactive ketones (excluding diaryl/α,β-unsaturated/α-hetero) is 1. The van der Waals surface area contributed by atoms with E-state index in [1.54, 1.807) is 24.3 Å². The molecule has 26 heavy (non-hydrogen) atoms. The molecule has 0 N–H and O–H groups in total. The molecule has 1 aromatic heterocycles. The lowest BCUT2D eigenvalue weighted by Crippen LogP contribution is -2.22. The molecule has 0 aliphatic rings. The molecule has 1 aromatic carbocycles. The first kappa shape index (κ1) is 20.2. The number of carbonyl (C=O) groups excluding carboxylic acids is 1. The van der Waals surface area contributed by atoms with E-state index in [2.05, 4.69) is 4.98 Å². The topological polar surface area (TPSA) is 85.8 Å². The standard InChI is InChI=1S/C17H20N2O5S2/c1-19(2)26(21,22)13-6-8-17(18-10-13)25-11-15(20)14-7-5-12(23-3)9-16(14)24-4/h5-10H,11H2,1-4H3. The minimum absolute atomic E-state index is 0.106. The van der Waals surface area contributed by atoms with Crippen LogP contribution in [0.2, 0.25) is 0 Å². The van der Waals surface area contributed by atoms with Crippen molar-refractivity contribution in [1.82, 2.24) is 9.29 Å². The van der Waals surface area contributed by atoms with Gasteiger partial charge in [-0.25, -0.2) is 17.7 Å². The number of pyridine rings is 1. The van der Waals surface area contributed by atoms with Crippen molar-refractivity contribution in [1.29, 1.82) is 0 Å². The molecule has 0 bridgehead atoms. The first-order valence-electron chi connectivity index (χ1n) is 7.56. The molecular formula is C17H20N2O5S2. The van der Waals surface area contributed by atoms with E-state index in [-0.39, 0.29) is 16.4 Å². The normalized spacial score (nSPS) is 11.4. The molecule has 0 aliphatic heterocycles. The Balaban J connectivity index is 2.08. The maximum absolute atomic E-state index is 12.4. The monoisotopic (exact) mass is 396 g/mol. The minimum atomic E-state index is -3.52. The predicted molar refractivity (Wildman–Crippen MR) is 99.7 cm³/mol. The molecule has 0 amide bonds. The van der Waals surface area contributed by atoms with Gasteiger partial charge in [-0.05, 0) is 24.3 Å². The van der Waals surface area contributed by atoms with Crippen LogP contribution in [0.1, 0.15) is 10.4 Å². The van der Waals surface area contributed by atoms with E-state index >= 15 is 0 Å². The second-order valence-electron chi connectivity index (χ2n) is 5.40. The summed E-state index contributed by atoms with van der Waals surface area (Å²) in [5, 5.41) is 0.559. The summed E-state index contributed by atoms with van der Waals surface area (Å²) >= 11 is 1.22. The van der Waals surface area contributed by atoms with Crippen molar-refractivity contribution in [3.63, 3.8) is 0 Å². The number of sulfonamides is 1. The highest BCUT2D eigenvalue weighted by molar-refractivity contribution is 7.99. The number of aromatic nitrogens is 1. The van der Waals surface area contributed by atoms with Crippen LogP contribution >= 0.6 is 11.8 Å². The van der Waals surface area contributed by atoms with E-state index < -0.39 is 10.0 Å². The molecule has 1 heterocycles. The summed E-state index contributed by atoms with van der Waals surface area (Å²) < 4.78 is 35.5. The summed E-state index contributed by atoms with van der Waals surface area (Å²) in [6, 6.07) is 8.06. The number of hydrogen-bond donors (Lipinski definition) is 0. The van der Waals surface area contributed by atoms with Crippen LogP contribution in [-0.4, -0.2) is 57.6 Å². The summed E-state index contributed by atoms with van der Waals surface area (Å²) in [6.45, 7) is 0. The number of thioether (sulfide) groups is 1. The summed E-state index contributed by atoms with van der Waals surface area (Å²) in [5.74, 6) is 1.07. The van der Waals surface area contributed by atoms with Crippen LogP contribution in [0.4, 0.5) is 0 Å². The SMILES string of the molecule is COc1ccc(C(=O)CSc2ccc(S(=O)(=O)N(C)C)cn2)c(OC)c1. The molecule has 0 spiro atoms. The molecule has 0 radical (unpaired) electrons. The average molecular weight is 396 g/mol. The summed E-state index contributed by atoms with van der Waals surface area (Å²) in [5.41, 5.74) is 0.451. The number of hydrogen-bond acceptors (Lipinski definition) is 7. The van der Waals surface area contributed by atoms with Gasteiger partial charge in [-0.2, -0.15) is 0 Å². The third-order valence-corrected chi connectivity index (χ3v) is 6.29. The Bertz CT molecular complexity index is 881. The Kier molecular flexibility index (Phi) is 6.63. The third kappa shape index (κ3) is 4.54. The van der Waals surface area contributed by atoms with Crippen LogP contribution in [0.15, 0.2) is 46.5 Å². The van der Waals surface area contributed by atoms with Crippen molar-refractivity contribution in [2.24, 2.45) is 0 Å². The maximum atomic E-state index is 12.4. The quantitative estimate of drug-likeness (QED) is 0.500. The van der Waals surface area contributed by atoms with Crippen molar-refractivity contribution in [2.75, 3.05) is 34.1 Å². The number of rotatable bonds is 8. The Morgan fingerprint density at radius 3 is 2.42 bits per heavy atom. The van der Waals surface area contributed by atoms with E-state index in [1.165, 1.54) is 52.3 Å². The number of ketones is 1. The molecule has 0 aliphatic carbocycles. The second-order valence-corrected chi connectivity index (χ2v) is 8.55. The Morgan fingerprint density at radius 2 is 1.88 bits per heavy atom. The maximum Gasteiger partial charge on any atom is 0.244 e. The highest BCUT2D eigenvalue weighted by atomic mass is 32.2. The van der Waals surface area contributed by atoms with Gasteiger partial charge in [0.1, 0.15) is 16.4 Å².